The predicted octanol–water partition coefficient (Wildman–Crippen LogP) is 6.23. The van der Waals surface area contributed by atoms with E-state index in [9.17, 15) is 14.9 Å². The number of benzene rings is 4. The van der Waals surface area contributed by atoms with Crippen LogP contribution in [0.2, 0.25) is 0 Å². The second-order valence-electron chi connectivity index (χ2n) is 9.97. The average molecular weight is 548 g/mol. The highest BCUT2D eigenvalue weighted by Crippen LogP contribution is 2.38. The summed E-state index contributed by atoms with van der Waals surface area (Å²) in [4.78, 5) is 28.2. The number of nitrogens with one attached hydrogen (secondary N) is 1. The van der Waals surface area contributed by atoms with Crippen LogP contribution in [0.3, 0.4) is 0 Å². The van der Waals surface area contributed by atoms with Gasteiger partial charge in [0.1, 0.15) is 11.5 Å². The van der Waals surface area contributed by atoms with Crippen molar-refractivity contribution in [3.8, 4) is 28.7 Å². The highest BCUT2D eigenvalue weighted by atomic mass is 19.1. The Balaban J connectivity index is 1.37. The van der Waals surface area contributed by atoms with Gasteiger partial charge in [0, 0.05) is 36.9 Å². The third-order valence-electron chi connectivity index (χ3n) is 7.37. The smallest absolute Gasteiger partial charge is 0.266 e. The van der Waals surface area contributed by atoms with Crippen molar-refractivity contribution in [2.45, 2.75) is 25.4 Å². The minimum Gasteiger partial charge on any atom is -0.457 e. The lowest BCUT2D eigenvalue weighted by atomic mass is 10.0. The van der Waals surface area contributed by atoms with Crippen LogP contribution < -0.4 is 15.0 Å². The Bertz CT molecular complexity index is 1680. The number of rotatable bonds is 7. The summed E-state index contributed by atoms with van der Waals surface area (Å²) in [5, 5.41) is 12.8. The number of hydrogen-bond donors (Lipinski definition) is 1. The first kappa shape index (κ1) is 26.4. The summed E-state index contributed by atoms with van der Waals surface area (Å²) in [6.45, 7) is 1.72. The topological polar surface area (TPSA) is 91.7 Å². The Hall–Kier alpha value is -4.84. The minimum absolute atomic E-state index is 0.108. The van der Waals surface area contributed by atoms with Crippen LogP contribution >= 0.6 is 0 Å². The van der Waals surface area contributed by atoms with Crippen molar-refractivity contribution in [1.29, 1.82) is 5.26 Å². The monoisotopic (exact) mass is 547 g/mol. The molecule has 1 N–H and O–H groups in total. The van der Waals surface area contributed by atoms with Crippen LogP contribution in [0.25, 0.3) is 11.1 Å². The number of carbonyl (C=O) groups is 2. The van der Waals surface area contributed by atoms with Gasteiger partial charge in [-0.05, 0) is 54.8 Å². The minimum atomic E-state index is -0.653. The first-order chi connectivity index (χ1) is 20.0. The van der Waals surface area contributed by atoms with Gasteiger partial charge in [0.2, 0.25) is 0 Å². The fourth-order valence-corrected chi connectivity index (χ4v) is 5.21. The van der Waals surface area contributed by atoms with Gasteiger partial charge in [0.25, 0.3) is 11.8 Å². The molecule has 0 aromatic heterocycles. The normalized spacial score (nSPS) is 15.1. The van der Waals surface area contributed by atoms with Gasteiger partial charge in [-0.25, -0.2) is 9.29 Å². The maximum absolute atomic E-state index is 15.8. The lowest BCUT2D eigenvalue weighted by molar-refractivity contribution is 0.0775. The fraction of sp³-hybridized carbons (Fsp3) is 0.182. The SMILES string of the molecule is N#Cc1cccc(Oc2cc3c(cc2CNC2CCOCC2)C(=O)N(c2cccc(-c4ccccc4)c2F)C3=O)c1. The molecule has 0 saturated carbocycles. The number of carbonyl (C=O) groups excluding carboxylic acids is 2. The molecular weight excluding hydrogens is 521 g/mol. The first-order valence-electron chi connectivity index (χ1n) is 13.4. The van der Waals surface area contributed by atoms with E-state index in [4.69, 9.17) is 9.47 Å². The number of imide groups is 1. The maximum Gasteiger partial charge on any atom is 0.266 e. The molecule has 0 atom stereocenters. The van der Waals surface area contributed by atoms with E-state index in [0.717, 1.165) is 17.7 Å². The molecule has 0 aliphatic carbocycles. The molecule has 4 aromatic carbocycles. The lowest BCUT2D eigenvalue weighted by Crippen LogP contribution is -2.34. The summed E-state index contributed by atoms with van der Waals surface area (Å²) in [5.74, 6) is -1.08. The molecule has 4 aromatic rings. The Morgan fingerprint density at radius 2 is 1.63 bits per heavy atom. The van der Waals surface area contributed by atoms with E-state index < -0.39 is 17.6 Å². The molecule has 8 heteroatoms. The quantitative estimate of drug-likeness (QED) is 0.276. The van der Waals surface area contributed by atoms with Gasteiger partial charge in [0.05, 0.1) is 28.4 Å². The van der Waals surface area contributed by atoms with Gasteiger partial charge in [0.15, 0.2) is 5.82 Å². The van der Waals surface area contributed by atoms with Crippen molar-refractivity contribution in [3.05, 3.63) is 113 Å². The van der Waals surface area contributed by atoms with Crippen LogP contribution in [0, 0.1) is 17.1 Å². The number of nitriles is 1. The third kappa shape index (κ3) is 5.21. The molecule has 2 heterocycles. The van der Waals surface area contributed by atoms with E-state index in [0.29, 0.717) is 53.5 Å². The zero-order valence-corrected chi connectivity index (χ0v) is 22.1. The Kier molecular flexibility index (Phi) is 7.30. The summed E-state index contributed by atoms with van der Waals surface area (Å²) in [7, 11) is 0. The molecule has 0 unspecified atom stereocenters. The van der Waals surface area contributed by atoms with Gasteiger partial charge in [-0.3, -0.25) is 9.59 Å². The van der Waals surface area contributed by atoms with E-state index >= 15 is 4.39 Å². The van der Waals surface area contributed by atoms with E-state index in [1.807, 2.05) is 6.07 Å². The van der Waals surface area contributed by atoms with Gasteiger partial charge >= 0.3 is 0 Å². The molecule has 2 aliphatic heterocycles. The summed E-state index contributed by atoms with van der Waals surface area (Å²) in [6, 6.07) is 25.9. The van der Waals surface area contributed by atoms with Gasteiger partial charge in [-0.15, -0.1) is 0 Å². The van der Waals surface area contributed by atoms with Crippen molar-refractivity contribution >= 4 is 17.5 Å². The number of hydrogen-bond acceptors (Lipinski definition) is 6. The zero-order valence-electron chi connectivity index (χ0n) is 22.1. The number of ether oxygens (including phenoxy) is 2. The largest absolute Gasteiger partial charge is 0.457 e. The Morgan fingerprint density at radius 1 is 0.902 bits per heavy atom. The van der Waals surface area contributed by atoms with Crippen LogP contribution in [-0.4, -0.2) is 31.1 Å². The van der Waals surface area contributed by atoms with Crippen molar-refractivity contribution in [1.82, 2.24) is 5.32 Å². The lowest BCUT2D eigenvalue weighted by Gasteiger charge is -2.24. The van der Waals surface area contributed by atoms with Crippen molar-refractivity contribution < 1.29 is 23.5 Å². The van der Waals surface area contributed by atoms with E-state index in [-0.39, 0.29) is 22.9 Å². The maximum atomic E-state index is 15.8. The number of nitrogens with zero attached hydrogens (tertiary/aromatic N) is 2. The average Bonchev–Trinajstić information content (AvgIpc) is 3.25. The molecule has 204 valence electrons. The molecule has 0 bridgehead atoms. The molecule has 41 heavy (non-hydrogen) atoms. The van der Waals surface area contributed by atoms with Crippen molar-refractivity contribution in [3.63, 3.8) is 0 Å². The second-order valence-corrected chi connectivity index (χ2v) is 9.97. The second kappa shape index (κ2) is 11.3. The van der Waals surface area contributed by atoms with Crippen LogP contribution in [0.15, 0.2) is 84.9 Å². The van der Waals surface area contributed by atoms with E-state index in [1.54, 1.807) is 66.7 Å². The molecule has 0 spiro atoms. The highest BCUT2D eigenvalue weighted by molar-refractivity contribution is 6.34. The molecule has 2 aliphatic rings. The molecule has 1 saturated heterocycles. The van der Waals surface area contributed by atoms with E-state index in [2.05, 4.69) is 11.4 Å². The third-order valence-corrected chi connectivity index (χ3v) is 7.37. The fourth-order valence-electron chi connectivity index (χ4n) is 5.21. The predicted molar refractivity (Wildman–Crippen MR) is 151 cm³/mol. The summed E-state index contributed by atoms with van der Waals surface area (Å²) < 4.78 is 27.4. The molecule has 6 rings (SSSR count). The number of amides is 2. The molecule has 7 nitrogen and oxygen atoms in total. The van der Waals surface area contributed by atoms with Crippen LogP contribution in [-0.2, 0) is 11.3 Å². The van der Waals surface area contributed by atoms with Gasteiger partial charge in [-0.1, -0.05) is 48.5 Å². The Morgan fingerprint density at radius 3 is 2.39 bits per heavy atom. The number of anilines is 1. The van der Waals surface area contributed by atoms with Crippen molar-refractivity contribution in [2.75, 3.05) is 18.1 Å². The van der Waals surface area contributed by atoms with Crippen LogP contribution in [0.5, 0.6) is 11.5 Å². The van der Waals surface area contributed by atoms with Gasteiger partial charge < -0.3 is 14.8 Å². The summed E-state index contributed by atoms with van der Waals surface area (Å²) >= 11 is 0. The van der Waals surface area contributed by atoms with Crippen LogP contribution in [0.1, 0.15) is 44.7 Å². The number of halogens is 1. The summed E-state index contributed by atoms with van der Waals surface area (Å²) in [5.41, 5.74) is 2.23. The first-order valence-corrected chi connectivity index (χ1v) is 13.4. The van der Waals surface area contributed by atoms with E-state index in [1.165, 1.54) is 12.1 Å². The highest BCUT2D eigenvalue weighted by Gasteiger charge is 2.39. The number of fused-ring (bicyclic) bond motifs is 1. The molecule has 0 radical (unpaired) electrons. The summed E-state index contributed by atoms with van der Waals surface area (Å²) in [6.07, 6.45) is 1.71. The molecule has 1 fully saturated rings. The molecular formula is C33H26FN3O4. The van der Waals surface area contributed by atoms with Crippen molar-refractivity contribution in [2.24, 2.45) is 0 Å². The van der Waals surface area contributed by atoms with Crippen LogP contribution in [0.4, 0.5) is 10.1 Å². The van der Waals surface area contributed by atoms with Gasteiger partial charge in [-0.2, -0.15) is 5.26 Å². The standard InChI is InChI=1S/C33H26FN3O4/c34-31-26(22-7-2-1-3-8-22)10-5-11-29(31)37-32(38)27-17-23(20-36-24-12-14-40-15-13-24)30(18-28(27)33(37)39)41-25-9-4-6-21(16-25)19-35/h1-11,16-18,24,36H,12-15,20H2. The zero-order chi connectivity index (χ0) is 28.3. The Labute approximate surface area is 236 Å². The molecule has 2 amide bonds.